The molecule has 0 aromatic heterocycles. The van der Waals surface area contributed by atoms with Crippen LogP contribution in [0.2, 0.25) is 0 Å². The van der Waals surface area contributed by atoms with Crippen LogP contribution < -0.4 is 0 Å². The Morgan fingerprint density at radius 2 is 0.528 bits per heavy atom. The van der Waals surface area contributed by atoms with Gasteiger partial charge in [-0.15, -0.1) is 0 Å². The number of hydrogen-bond acceptors (Lipinski definition) is 15. The summed E-state index contributed by atoms with van der Waals surface area (Å²) in [5.41, 5.74) is 0. The minimum atomic E-state index is -5.01. The molecule has 19 heteroatoms. The number of hydrogen-bond donors (Lipinski definition) is 3. The number of aliphatic hydroxyl groups excluding tert-OH is 1. The van der Waals surface area contributed by atoms with Gasteiger partial charge in [0.1, 0.15) is 19.3 Å². The highest BCUT2D eigenvalue weighted by atomic mass is 31.2. The standard InChI is InChI=1S/C87H144O17P2/c1-5-9-13-17-21-25-29-33-36-38-40-42-45-48-51-55-59-63-67-71-84(89)97-77-82(103-86(91)73-69-65-61-57-53-47-32-28-24-20-16-12-8-4)79-101-105(93,94)99-75-81(88)76-100-106(95,96)102-80-83(104-87(92)74-70-66-62-58-54-50-44-35-31-27-23-19-15-11-7-3)78-98-85(90)72-68-64-60-56-52-49-46-43-41-39-37-34-30-26-22-18-14-10-6-2/h10,14,16,20-23,25-28,32-37,40-44,49,52,60,64,81-83,88H,5-9,11-13,15,17-19,24,29-31,38-39,45-48,50-51,53-59,61-63,65-80H2,1-4H3,(H,93,94)(H,95,96)/b14-10-,20-16-,25-21-,26-22-,27-23-,32-28-,36-33-,37-34-,42-40-,43-41-,44-35-,52-49-,64-60-. The Bertz CT molecular complexity index is 2630. The molecule has 5 atom stereocenters. The lowest BCUT2D eigenvalue weighted by Gasteiger charge is -2.21. The van der Waals surface area contributed by atoms with Gasteiger partial charge in [0.2, 0.25) is 0 Å². The molecule has 0 amide bonds. The van der Waals surface area contributed by atoms with Crippen molar-refractivity contribution in [2.75, 3.05) is 39.6 Å². The van der Waals surface area contributed by atoms with Gasteiger partial charge < -0.3 is 33.8 Å². The maximum Gasteiger partial charge on any atom is 0.472 e. The number of phosphoric acid groups is 2. The number of allylic oxidation sites excluding steroid dienone is 26. The third-order valence-electron chi connectivity index (χ3n) is 16.4. The first-order valence-corrected chi connectivity index (χ1v) is 43.7. The monoisotopic (exact) mass is 1520 g/mol. The summed E-state index contributed by atoms with van der Waals surface area (Å²) in [6.07, 6.45) is 90.9. The van der Waals surface area contributed by atoms with E-state index >= 15 is 0 Å². The lowest BCUT2D eigenvalue weighted by molar-refractivity contribution is -0.161. The quantitative estimate of drug-likeness (QED) is 0.0169. The van der Waals surface area contributed by atoms with Gasteiger partial charge in [0, 0.05) is 25.7 Å². The first-order chi connectivity index (χ1) is 51.7. The van der Waals surface area contributed by atoms with Crippen molar-refractivity contribution < 1.29 is 80.2 Å². The SMILES string of the molecule is CC/C=C\C/C=C\C/C=C\C/C=C\C/C=C\C/C=C\CCC(=O)OCC(COP(=O)(O)OCC(O)COP(=O)(O)OCC(COC(=O)CCCCCCCC/C=C\C/C=C\C/C=C\CCCCC)OC(=O)CCCCCCC/C=C\C/C=C\CCC)OC(=O)CCCCCCC/C=C\C/C=C\CCCCC. The highest BCUT2D eigenvalue weighted by molar-refractivity contribution is 7.47. The fourth-order valence-corrected chi connectivity index (χ4v) is 11.8. The molecule has 0 spiro atoms. The van der Waals surface area contributed by atoms with E-state index in [1.807, 2.05) is 18.2 Å². The minimum Gasteiger partial charge on any atom is -0.462 e. The number of esters is 4. The van der Waals surface area contributed by atoms with Crippen LogP contribution >= 0.6 is 15.6 Å². The fraction of sp³-hybridized carbons (Fsp3) is 0.655. The summed E-state index contributed by atoms with van der Waals surface area (Å²) in [6, 6.07) is 0. The molecule has 0 aliphatic rings. The number of rotatable bonds is 75. The van der Waals surface area contributed by atoms with E-state index in [1.54, 1.807) is 0 Å². The molecular weight excluding hydrogens is 1380 g/mol. The van der Waals surface area contributed by atoms with E-state index in [1.165, 1.54) is 38.5 Å². The van der Waals surface area contributed by atoms with Gasteiger partial charge in [0.15, 0.2) is 12.2 Å². The van der Waals surface area contributed by atoms with E-state index in [9.17, 15) is 43.2 Å². The van der Waals surface area contributed by atoms with E-state index < -0.39 is 97.5 Å². The number of unbranched alkanes of at least 4 members (excludes halogenated alkanes) is 23. The van der Waals surface area contributed by atoms with Crippen LogP contribution in [0.25, 0.3) is 0 Å². The van der Waals surface area contributed by atoms with Crippen LogP contribution in [0.3, 0.4) is 0 Å². The number of carbonyl (C=O) groups is 4. The van der Waals surface area contributed by atoms with Gasteiger partial charge in [-0.2, -0.15) is 0 Å². The van der Waals surface area contributed by atoms with Crippen LogP contribution in [-0.4, -0.2) is 96.7 Å². The van der Waals surface area contributed by atoms with Gasteiger partial charge in [-0.1, -0.05) is 282 Å². The molecule has 0 aliphatic heterocycles. The average Bonchev–Trinajstić information content (AvgIpc) is 0.933. The zero-order chi connectivity index (χ0) is 77.4. The second-order valence-corrected chi connectivity index (χ2v) is 29.5. The Labute approximate surface area is 642 Å². The summed E-state index contributed by atoms with van der Waals surface area (Å²) in [5.74, 6) is -2.32. The van der Waals surface area contributed by atoms with Gasteiger partial charge in [-0.05, 0) is 161 Å². The first kappa shape index (κ1) is 101. The lowest BCUT2D eigenvalue weighted by Crippen LogP contribution is -2.30. The molecule has 0 aromatic carbocycles. The van der Waals surface area contributed by atoms with Gasteiger partial charge in [-0.3, -0.25) is 37.3 Å². The van der Waals surface area contributed by atoms with Crippen LogP contribution in [0.15, 0.2) is 158 Å². The molecule has 3 N–H and O–H groups in total. The smallest absolute Gasteiger partial charge is 0.462 e. The summed E-state index contributed by atoms with van der Waals surface area (Å²) in [6.45, 7) is 4.51. The van der Waals surface area contributed by atoms with E-state index in [0.717, 1.165) is 186 Å². The van der Waals surface area contributed by atoms with Gasteiger partial charge in [0.25, 0.3) is 0 Å². The summed E-state index contributed by atoms with van der Waals surface area (Å²) in [4.78, 5) is 73.0. The Kier molecular flexibility index (Phi) is 73.9. The maximum atomic E-state index is 13.1. The van der Waals surface area contributed by atoms with E-state index in [0.29, 0.717) is 32.1 Å². The zero-order valence-corrected chi connectivity index (χ0v) is 67.8. The number of ether oxygens (including phenoxy) is 4. The number of carbonyl (C=O) groups excluding carboxylic acids is 4. The van der Waals surface area contributed by atoms with Crippen molar-refractivity contribution >= 4 is 39.5 Å². The second-order valence-electron chi connectivity index (χ2n) is 26.6. The molecular formula is C87H144O17P2. The van der Waals surface area contributed by atoms with Crippen molar-refractivity contribution in [3.05, 3.63) is 158 Å². The van der Waals surface area contributed by atoms with E-state index in [2.05, 4.69) is 167 Å². The van der Waals surface area contributed by atoms with Gasteiger partial charge in [-0.25, -0.2) is 9.13 Å². The summed E-state index contributed by atoms with van der Waals surface area (Å²) in [7, 11) is -10.0. The van der Waals surface area contributed by atoms with Crippen molar-refractivity contribution in [3.8, 4) is 0 Å². The molecule has 0 aromatic rings. The Morgan fingerprint density at radius 3 is 0.849 bits per heavy atom. The maximum absolute atomic E-state index is 13.1. The average molecular weight is 1520 g/mol. The van der Waals surface area contributed by atoms with Crippen molar-refractivity contribution in [2.24, 2.45) is 0 Å². The van der Waals surface area contributed by atoms with Crippen molar-refractivity contribution in [1.82, 2.24) is 0 Å². The molecule has 0 saturated carbocycles. The summed E-state index contributed by atoms with van der Waals surface area (Å²) in [5, 5.41) is 10.6. The molecule has 0 bridgehead atoms. The Morgan fingerprint density at radius 1 is 0.274 bits per heavy atom. The van der Waals surface area contributed by atoms with Crippen LogP contribution in [0, 0.1) is 0 Å². The van der Waals surface area contributed by atoms with E-state index in [-0.39, 0.29) is 25.7 Å². The molecule has 0 heterocycles. The normalized spacial score (nSPS) is 14.7. The molecule has 17 nitrogen and oxygen atoms in total. The zero-order valence-electron chi connectivity index (χ0n) is 66.1. The minimum absolute atomic E-state index is 0.0282. The number of aliphatic hydroxyl groups is 1. The fourth-order valence-electron chi connectivity index (χ4n) is 10.3. The third-order valence-corrected chi connectivity index (χ3v) is 18.3. The van der Waals surface area contributed by atoms with Crippen LogP contribution in [0.1, 0.15) is 310 Å². The molecule has 0 radical (unpaired) electrons. The first-order valence-electron chi connectivity index (χ1n) is 40.7. The molecule has 5 unspecified atom stereocenters. The van der Waals surface area contributed by atoms with Crippen LogP contribution in [0.4, 0.5) is 0 Å². The topological polar surface area (TPSA) is 237 Å². The van der Waals surface area contributed by atoms with Crippen molar-refractivity contribution in [3.63, 3.8) is 0 Å². The molecule has 0 fully saturated rings. The molecule has 0 rings (SSSR count). The van der Waals surface area contributed by atoms with Crippen LogP contribution in [0.5, 0.6) is 0 Å². The summed E-state index contributed by atoms with van der Waals surface area (Å²) >= 11 is 0. The second kappa shape index (κ2) is 77.8. The van der Waals surface area contributed by atoms with Crippen molar-refractivity contribution in [2.45, 2.75) is 329 Å². The highest BCUT2D eigenvalue weighted by Gasteiger charge is 2.30. The highest BCUT2D eigenvalue weighted by Crippen LogP contribution is 2.45. The lowest BCUT2D eigenvalue weighted by atomic mass is 10.1. The predicted octanol–water partition coefficient (Wildman–Crippen LogP) is 24.0. The number of phosphoric ester groups is 2. The molecule has 604 valence electrons. The van der Waals surface area contributed by atoms with Gasteiger partial charge in [0.05, 0.1) is 26.4 Å². The Hall–Kier alpha value is -5.32. The van der Waals surface area contributed by atoms with Gasteiger partial charge >= 0.3 is 39.5 Å². The van der Waals surface area contributed by atoms with E-state index in [4.69, 9.17) is 37.0 Å². The Balaban J connectivity index is 5.44. The summed E-state index contributed by atoms with van der Waals surface area (Å²) < 4.78 is 68.5. The largest absolute Gasteiger partial charge is 0.472 e. The molecule has 106 heavy (non-hydrogen) atoms. The molecule has 0 aliphatic carbocycles. The third kappa shape index (κ3) is 76.9. The van der Waals surface area contributed by atoms with Crippen molar-refractivity contribution in [1.29, 1.82) is 0 Å². The molecule has 0 saturated heterocycles. The van der Waals surface area contributed by atoms with Crippen LogP contribution in [-0.2, 0) is 65.4 Å². The predicted molar refractivity (Wildman–Crippen MR) is 436 cm³/mol.